The number of aryl methyl sites for hydroxylation is 1. The summed E-state index contributed by atoms with van der Waals surface area (Å²) in [5.74, 6) is 0. The van der Waals surface area contributed by atoms with Gasteiger partial charge in [0.1, 0.15) is 0 Å². The lowest BCUT2D eigenvalue weighted by molar-refractivity contribution is 0.685. The first-order valence-corrected chi connectivity index (χ1v) is 3.91. The number of rotatable bonds is 2. The van der Waals surface area contributed by atoms with Crippen molar-refractivity contribution in [1.29, 1.82) is 0 Å². The monoisotopic (exact) mass is 209 g/mol. The molecule has 70 valence electrons. The molecule has 0 aromatic carbocycles. The van der Waals surface area contributed by atoms with Crippen LogP contribution >= 0.6 is 24.0 Å². The van der Waals surface area contributed by atoms with E-state index < -0.39 is 0 Å². The molecule has 1 rings (SSSR count). The zero-order valence-corrected chi connectivity index (χ0v) is 8.69. The second-order valence-corrected chi connectivity index (χ2v) is 3.19. The predicted molar refractivity (Wildman–Crippen MR) is 52.8 cm³/mol. The number of hydrogen-bond acceptors (Lipinski definition) is 2. The van der Waals surface area contributed by atoms with Gasteiger partial charge >= 0.3 is 0 Å². The molecule has 1 aromatic heterocycles. The summed E-state index contributed by atoms with van der Waals surface area (Å²) in [6.07, 6.45) is 2.51. The normalized spacial score (nSPS) is 12.3. The quantitative estimate of drug-likeness (QED) is 0.801. The molecule has 0 radical (unpaired) electrons. The third-order valence-corrected chi connectivity index (χ3v) is 1.69. The van der Waals surface area contributed by atoms with Crippen molar-refractivity contribution in [1.82, 2.24) is 9.78 Å². The second kappa shape index (κ2) is 4.70. The van der Waals surface area contributed by atoms with Gasteiger partial charge in [0.2, 0.25) is 0 Å². The minimum atomic E-state index is 0. The highest BCUT2D eigenvalue weighted by atomic mass is 35.5. The van der Waals surface area contributed by atoms with Crippen LogP contribution in [0.4, 0.5) is 0 Å². The molecule has 0 saturated heterocycles. The molecular formula is C7H13Cl2N3. The molecule has 12 heavy (non-hydrogen) atoms. The second-order valence-electron chi connectivity index (χ2n) is 2.78. The molecule has 2 N–H and O–H groups in total. The van der Waals surface area contributed by atoms with Crippen LogP contribution in [0, 0.1) is 0 Å². The van der Waals surface area contributed by atoms with Gasteiger partial charge in [0.15, 0.2) is 0 Å². The summed E-state index contributed by atoms with van der Waals surface area (Å²) >= 11 is 5.85. The molecule has 1 atom stereocenters. The molecule has 0 spiro atoms. The Morgan fingerprint density at radius 2 is 2.33 bits per heavy atom. The first kappa shape index (κ1) is 11.8. The fraction of sp³-hybridized carbons (Fsp3) is 0.571. The number of aromatic nitrogens is 2. The van der Waals surface area contributed by atoms with Crippen molar-refractivity contribution in [3.8, 4) is 0 Å². The smallest absolute Gasteiger partial charge is 0.0826 e. The average molecular weight is 210 g/mol. The Morgan fingerprint density at radius 1 is 1.75 bits per heavy atom. The molecule has 0 aliphatic carbocycles. The van der Waals surface area contributed by atoms with Crippen molar-refractivity contribution in [3.05, 3.63) is 16.9 Å². The van der Waals surface area contributed by atoms with Crippen LogP contribution in [0.1, 0.15) is 12.6 Å². The molecule has 0 bridgehead atoms. The van der Waals surface area contributed by atoms with Crippen molar-refractivity contribution < 1.29 is 0 Å². The van der Waals surface area contributed by atoms with E-state index in [0.717, 1.165) is 12.1 Å². The lowest BCUT2D eigenvalue weighted by Gasteiger charge is -2.00. The minimum absolute atomic E-state index is 0. The summed E-state index contributed by atoms with van der Waals surface area (Å²) in [6.45, 7) is 1.94. The summed E-state index contributed by atoms with van der Waals surface area (Å²) in [7, 11) is 1.84. The van der Waals surface area contributed by atoms with E-state index in [0.29, 0.717) is 5.02 Å². The van der Waals surface area contributed by atoms with Crippen LogP contribution in [0.25, 0.3) is 0 Å². The molecule has 0 aliphatic heterocycles. The maximum atomic E-state index is 5.85. The Hall–Kier alpha value is -0.250. The molecule has 0 aliphatic rings. The van der Waals surface area contributed by atoms with Gasteiger partial charge < -0.3 is 5.73 Å². The molecule has 0 fully saturated rings. The third kappa shape index (κ3) is 3.01. The van der Waals surface area contributed by atoms with Gasteiger partial charge in [-0.25, -0.2) is 0 Å². The highest BCUT2D eigenvalue weighted by molar-refractivity contribution is 6.31. The molecule has 1 unspecified atom stereocenters. The predicted octanol–water partition coefficient (Wildman–Crippen LogP) is 1.38. The van der Waals surface area contributed by atoms with E-state index in [1.54, 1.807) is 10.9 Å². The van der Waals surface area contributed by atoms with Crippen LogP contribution < -0.4 is 5.73 Å². The van der Waals surface area contributed by atoms with Crippen molar-refractivity contribution in [3.63, 3.8) is 0 Å². The van der Waals surface area contributed by atoms with E-state index >= 15 is 0 Å². The van der Waals surface area contributed by atoms with E-state index in [-0.39, 0.29) is 18.4 Å². The lowest BCUT2D eigenvalue weighted by atomic mass is 10.2. The average Bonchev–Trinajstić information content (AvgIpc) is 2.09. The summed E-state index contributed by atoms with van der Waals surface area (Å²) in [5, 5.41) is 4.85. The number of nitrogens with two attached hydrogens (primary N) is 1. The summed E-state index contributed by atoms with van der Waals surface area (Å²) in [5.41, 5.74) is 6.47. The molecule has 1 aromatic rings. The molecule has 5 heteroatoms. The lowest BCUT2D eigenvalue weighted by Crippen LogP contribution is -2.18. The van der Waals surface area contributed by atoms with Crippen LogP contribution in [0.5, 0.6) is 0 Å². The van der Waals surface area contributed by atoms with E-state index in [4.69, 9.17) is 17.3 Å². The van der Waals surface area contributed by atoms with Gasteiger partial charge in [-0.15, -0.1) is 12.4 Å². The van der Waals surface area contributed by atoms with Crippen LogP contribution in [-0.4, -0.2) is 15.8 Å². The van der Waals surface area contributed by atoms with Crippen LogP contribution in [0.2, 0.25) is 5.02 Å². The maximum absolute atomic E-state index is 5.85. The minimum Gasteiger partial charge on any atom is -0.328 e. The summed E-state index contributed by atoms with van der Waals surface area (Å²) in [6, 6.07) is 0.113. The van der Waals surface area contributed by atoms with E-state index in [1.165, 1.54) is 0 Å². The van der Waals surface area contributed by atoms with Gasteiger partial charge in [0.05, 0.1) is 10.7 Å². The number of nitrogens with zero attached hydrogens (tertiary/aromatic N) is 2. The third-order valence-electron chi connectivity index (χ3n) is 1.37. The van der Waals surface area contributed by atoms with E-state index in [1.807, 2.05) is 14.0 Å². The van der Waals surface area contributed by atoms with Gasteiger partial charge in [-0.3, -0.25) is 4.68 Å². The van der Waals surface area contributed by atoms with Crippen molar-refractivity contribution >= 4 is 24.0 Å². The Bertz CT molecular complexity index is 245. The van der Waals surface area contributed by atoms with Gasteiger partial charge in [-0.2, -0.15) is 5.10 Å². The zero-order valence-electron chi connectivity index (χ0n) is 7.12. The van der Waals surface area contributed by atoms with E-state index in [9.17, 15) is 0 Å². The Labute approximate surface area is 83.3 Å². The number of hydrogen-bond donors (Lipinski definition) is 1. The first-order chi connectivity index (χ1) is 5.09. The van der Waals surface area contributed by atoms with Gasteiger partial charge in [-0.05, 0) is 6.92 Å². The standard InChI is InChI=1S/C7H12ClN3.ClH/c1-5(9)3-7-6(8)4-11(2)10-7;/h4-5H,3,9H2,1-2H3;1H. The molecular weight excluding hydrogens is 197 g/mol. The van der Waals surface area contributed by atoms with Crippen LogP contribution in [0.3, 0.4) is 0 Å². The Kier molecular flexibility index (Phi) is 4.60. The van der Waals surface area contributed by atoms with E-state index in [2.05, 4.69) is 5.10 Å². The molecule has 1 heterocycles. The van der Waals surface area contributed by atoms with Gasteiger partial charge in [0.25, 0.3) is 0 Å². The zero-order chi connectivity index (χ0) is 8.43. The van der Waals surface area contributed by atoms with Crippen molar-refractivity contribution in [2.45, 2.75) is 19.4 Å². The van der Waals surface area contributed by atoms with Crippen molar-refractivity contribution in [2.75, 3.05) is 0 Å². The molecule has 3 nitrogen and oxygen atoms in total. The molecule has 0 amide bonds. The molecule has 0 saturated carbocycles. The fourth-order valence-corrected chi connectivity index (χ4v) is 1.21. The summed E-state index contributed by atoms with van der Waals surface area (Å²) in [4.78, 5) is 0. The van der Waals surface area contributed by atoms with Crippen LogP contribution in [-0.2, 0) is 13.5 Å². The Balaban J connectivity index is 0.00000121. The largest absolute Gasteiger partial charge is 0.328 e. The summed E-state index contributed by atoms with van der Waals surface area (Å²) < 4.78 is 1.69. The van der Waals surface area contributed by atoms with Crippen molar-refractivity contribution in [2.24, 2.45) is 12.8 Å². The van der Waals surface area contributed by atoms with Crippen LogP contribution in [0.15, 0.2) is 6.20 Å². The maximum Gasteiger partial charge on any atom is 0.0826 e. The highest BCUT2D eigenvalue weighted by Gasteiger charge is 2.06. The number of halogens is 2. The van der Waals surface area contributed by atoms with Gasteiger partial charge in [0, 0.05) is 25.7 Å². The fourth-order valence-electron chi connectivity index (χ4n) is 0.949. The topological polar surface area (TPSA) is 43.8 Å². The first-order valence-electron chi connectivity index (χ1n) is 3.53. The van der Waals surface area contributed by atoms with Gasteiger partial charge in [-0.1, -0.05) is 11.6 Å². The highest BCUT2D eigenvalue weighted by Crippen LogP contribution is 2.13. The Morgan fingerprint density at radius 3 is 2.67 bits per heavy atom. The SMILES string of the molecule is CC(N)Cc1nn(C)cc1Cl.Cl.